The first-order valence-corrected chi connectivity index (χ1v) is 6.44. The number of hydrogen-bond donors (Lipinski definition) is 1. The molecule has 1 aliphatic rings. The van der Waals surface area contributed by atoms with Gasteiger partial charge in [-0.25, -0.2) is 13.6 Å². The van der Waals surface area contributed by atoms with Crippen molar-refractivity contribution in [3.63, 3.8) is 0 Å². The lowest BCUT2D eigenvalue weighted by atomic mass is 10.2. The number of nitrogens with two attached hydrogens (primary N) is 1. The van der Waals surface area contributed by atoms with Crippen LogP contribution >= 0.6 is 0 Å². The van der Waals surface area contributed by atoms with Gasteiger partial charge in [0, 0.05) is 26.2 Å². The number of hydrogen-bond acceptors (Lipinski definition) is 4. The monoisotopic (exact) mass is 285 g/mol. The standard InChI is InChI=1S/C13H17F2N3O2/c1-2-20-13(19)18-7-5-17(6-8-18)12-10(16)4-3-9(14)11(12)15/h3-4H,2,5-8,16H2,1H3. The zero-order chi connectivity index (χ0) is 14.7. The van der Waals surface area contributed by atoms with Crippen molar-refractivity contribution in [2.75, 3.05) is 43.4 Å². The fraction of sp³-hybridized carbons (Fsp3) is 0.462. The molecular formula is C13H17F2N3O2. The molecule has 1 saturated heterocycles. The van der Waals surface area contributed by atoms with E-state index in [1.165, 1.54) is 11.0 Å². The average Bonchev–Trinajstić information content (AvgIpc) is 2.44. The maximum absolute atomic E-state index is 13.8. The lowest BCUT2D eigenvalue weighted by Crippen LogP contribution is -2.49. The second kappa shape index (κ2) is 5.94. The van der Waals surface area contributed by atoms with Crippen LogP contribution in [0.15, 0.2) is 12.1 Å². The molecule has 0 aromatic heterocycles. The summed E-state index contributed by atoms with van der Waals surface area (Å²) in [4.78, 5) is 14.7. The minimum atomic E-state index is -0.949. The van der Waals surface area contributed by atoms with Gasteiger partial charge in [0.25, 0.3) is 0 Å². The van der Waals surface area contributed by atoms with Crippen LogP contribution in [0.3, 0.4) is 0 Å². The Morgan fingerprint density at radius 2 is 1.95 bits per heavy atom. The molecule has 0 saturated carbocycles. The number of anilines is 2. The fourth-order valence-electron chi connectivity index (χ4n) is 2.20. The van der Waals surface area contributed by atoms with Crippen LogP contribution in [0.2, 0.25) is 0 Å². The molecule has 5 nitrogen and oxygen atoms in total. The second-order valence-electron chi connectivity index (χ2n) is 4.47. The molecule has 0 aliphatic carbocycles. The third kappa shape index (κ3) is 2.76. The van der Waals surface area contributed by atoms with E-state index in [9.17, 15) is 13.6 Å². The molecule has 1 aromatic rings. The van der Waals surface area contributed by atoms with Gasteiger partial charge in [0.15, 0.2) is 11.6 Å². The molecule has 0 bridgehead atoms. The van der Waals surface area contributed by atoms with E-state index in [1.807, 2.05) is 0 Å². The second-order valence-corrected chi connectivity index (χ2v) is 4.47. The Labute approximate surface area is 115 Å². The van der Waals surface area contributed by atoms with E-state index in [0.717, 1.165) is 6.07 Å². The summed E-state index contributed by atoms with van der Waals surface area (Å²) >= 11 is 0. The fourth-order valence-corrected chi connectivity index (χ4v) is 2.20. The van der Waals surface area contributed by atoms with E-state index >= 15 is 0 Å². The van der Waals surface area contributed by atoms with Crippen molar-refractivity contribution in [1.82, 2.24) is 4.90 Å². The zero-order valence-corrected chi connectivity index (χ0v) is 11.2. The largest absolute Gasteiger partial charge is 0.450 e. The molecule has 1 heterocycles. The normalized spacial score (nSPS) is 15.3. The minimum absolute atomic E-state index is 0.0634. The maximum Gasteiger partial charge on any atom is 0.409 e. The summed E-state index contributed by atoms with van der Waals surface area (Å²) in [5.74, 6) is -1.88. The first kappa shape index (κ1) is 14.4. The number of carbonyl (C=O) groups is 1. The van der Waals surface area contributed by atoms with Crippen LogP contribution in [0.4, 0.5) is 25.0 Å². The van der Waals surface area contributed by atoms with Gasteiger partial charge in [0.2, 0.25) is 0 Å². The van der Waals surface area contributed by atoms with Crippen LogP contribution < -0.4 is 10.6 Å². The van der Waals surface area contributed by atoms with Crippen molar-refractivity contribution in [3.8, 4) is 0 Å². The Bertz CT molecular complexity index is 503. The molecule has 0 atom stereocenters. The first-order valence-electron chi connectivity index (χ1n) is 6.44. The number of piperazine rings is 1. The van der Waals surface area contributed by atoms with Crippen LogP contribution in [0, 0.1) is 11.6 Å². The lowest BCUT2D eigenvalue weighted by molar-refractivity contribution is 0.105. The van der Waals surface area contributed by atoms with E-state index in [-0.39, 0.29) is 17.5 Å². The third-order valence-corrected chi connectivity index (χ3v) is 3.22. The number of nitrogen functional groups attached to an aromatic ring is 1. The van der Waals surface area contributed by atoms with Gasteiger partial charge < -0.3 is 20.3 Å². The highest BCUT2D eigenvalue weighted by atomic mass is 19.2. The Hall–Kier alpha value is -2.05. The molecule has 2 N–H and O–H groups in total. The maximum atomic E-state index is 13.8. The van der Waals surface area contributed by atoms with Crippen molar-refractivity contribution in [2.45, 2.75) is 6.92 Å². The van der Waals surface area contributed by atoms with E-state index in [1.54, 1.807) is 11.8 Å². The number of ether oxygens (including phenoxy) is 1. The number of carbonyl (C=O) groups excluding carboxylic acids is 1. The summed E-state index contributed by atoms with van der Waals surface area (Å²) in [6.45, 7) is 3.57. The number of benzene rings is 1. The summed E-state index contributed by atoms with van der Waals surface area (Å²) in [5.41, 5.74) is 5.96. The van der Waals surface area contributed by atoms with Crippen LogP contribution in [-0.4, -0.2) is 43.8 Å². The van der Waals surface area contributed by atoms with Crippen molar-refractivity contribution in [2.24, 2.45) is 0 Å². The topological polar surface area (TPSA) is 58.8 Å². The molecule has 20 heavy (non-hydrogen) atoms. The van der Waals surface area contributed by atoms with Crippen LogP contribution in [0.1, 0.15) is 6.92 Å². The number of nitrogens with zero attached hydrogens (tertiary/aromatic N) is 2. The van der Waals surface area contributed by atoms with E-state index < -0.39 is 11.6 Å². The summed E-state index contributed by atoms with van der Waals surface area (Å²) < 4.78 is 32.0. The molecule has 7 heteroatoms. The molecule has 2 rings (SSSR count). The van der Waals surface area contributed by atoms with Gasteiger partial charge in [-0.05, 0) is 19.1 Å². The van der Waals surface area contributed by atoms with Gasteiger partial charge in [0.1, 0.15) is 0 Å². The predicted octanol–water partition coefficient (Wildman–Crippen LogP) is 1.83. The highest BCUT2D eigenvalue weighted by Crippen LogP contribution is 2.29. The van der Waals surface area contributed by atoms with Crippen LogP contribution in [-0.2, 0) is 4.74 Å². The van der Waals surface area contributed by atoms with Crippen molar-refractivity contribution >= 4 is 17.5 Å². The average molecular weight is 285 g/mol. The minimum Gasteiger partial charge on any atom is -0.450 e. The molecular weight excluding hydrogens is 268 g/mol. The van der Waals surface area contributed by atoms with E-state index in [0.29, 0.717) is 32.8 Å². The lowest BCUT2D eigenvalue weighted by Gasteiger charge is -2.36. The highest BCUT2D eigenvalue weighted by molar-refractivity contribution is 5.70. The van der Waals surface area contributed by atoms with Gasteiger partial charge in [-0.1, -0.05) is 0 Å². The quantitative estimate of drug-likeness (QED) is 0.842. The Kier molecular flexibility index (Phi) is 4.26. The number of rotatable bonds is 2. The third-order valence-electron chi connectivity index (χ3n) is 3.22. The van der Waals surface area contributed by atoms with Crippen molar-refractivity contribution in [1.29, 1.82) is 0 Å². The van der Waals surface area contributed by atoms with Gasteiger partial charge in [0.05, 0.1) is 18.0 Å². The molecule has 0 radical (unpaired) electrons. The molecule has 1 amide bonds. The summed E-state index contributed by atoms with van der Waals surface area (Å²) in [6.07, 6.45) is -0.389. The number of halogens is 2. The molecule has 0 unspecified atom stereocenters. The van der Waals surface area contributed by atoms with E-state index in [2.05, 4.69) is 0 Å². The summed E-state index contributed by atoms with van der Waals surface area (Å²) in [5, 5.41) is 0. The summed E-state index contributed by atoms with van der Waals surface area (Å²) in [7, 11) is 0. The van der Waals surface area contributed by atoms with Crippen LogP contribution in [0.5, 0.6) is 0 Å². The predicted molar refractivity (Wildman–Crippen MR) is 71.6 cm³/mol. The smallest absolute Gasteiger partial charge is 0.409 e. The Morgan fingerprint density at radius 1 is 1.30 bits per heavy atom. The number of amides is 1. The first-order chi connectivity index (χ1) is 9.54. The summed E-state index contributed by atoms with van der Waals surface area (Å²) in [6, 6.07) is 2.34. The molecule has 1 fully saturated rings. The van der Waals surface area contributed by atoms with Gasteiger partial charge in [-0.2, -0.15) is 0 Å². The Morgan fingerprint density at radius 3 is 2.55 bits per heavy atom. The molecule has 110 valence electrons. The highest BCUT2D eigenvalue weighted by Gasteiger charge is 2.25. The van der Waals surface area contributed by atoms with Crippen LogP contribution in [0.25, 0.3) is 0 Å². The van der Waals surface area contributed by atoms with Crippen molar-refractivity contribution < 1.29 is 18.3 Å². The van der Waals surface area contributed by atoms with Crippen molar-refractivity contribution in [3.05, 3.63) is 23.8 Å². The molecule has 1 aromatic carbocycles. The molecule has 1 aliphatic heterocycles. The molecule has 0 spiro atoms. The van der Waals surface area contributed by atoms with Gasteiger partial charge >= 0.3 is 6.09 Å². The van der Waals surface area contributed by atoms with Gasteiger partial charge in [-0.15, -0.1) is 0 Å². The Balaban J connectivity index is 2.08. The SMILES string of the molecule is CCOC(=O)N1CCN(c2c(N)ccc(F)c2F)CC1. The van der Waals surface area contributed by atoms with Gasteiger partial charge in [-0.3, -0.25) is 0 Å². The zero-order valence-electron chi connectivity index (χ0n) is 11.2. The van der Waals surface area contributed by atoms with E-state index in [4.69, 9.17) is 10.5 Å².